The topological polar surface area (TPSA) is 12.0 Å². The second-order valence-corrected chi connectivity index (χ2v) is 6.72. The van der Waals surface area contributed by atoms with Crippen molar-refractivity contribution >= 4 is 38.5 Å². The first-order valence-electron chi connectivity index (χ1n) is 6.23. The van der Waals surface area contributed by atoms with Gasteiger partial charge in [-0.25, -0.2) is 0 Å². The average Bonchev–Trinajstić information content (AvgIpc) is 2.38. The molecule has 0 aliphatic carbocycles. The number of hydrogen-bond acceptors (Lipinski definition) is 1. The molecular weight excluding hydrogens is 413 g/mol. The van der Waals surface area contributed by atoms with Crippen molar-refractivity contribution in [1.82, 2.24) is 5.32 Å². The Morgan fingerprint density at radius 3 is 2.37 bits per heavy atom. The minimum Gasteiger partial charge on any atom is -0.309 e. The van der Waals surface area contributed by atoms with Gasteiger partial charge < -0.3 is 5.32 Å². The van der Waals surface area contributed by atoms with Gasteiger partial charge in [0.25, 0.3) is 0 Å². The lowest BCUT2D eigenvalue weighted by Gasteiger charge is -2.21. The predicted octanol–water partition coefficient (Wildman–Crippen LogP) is 4.98. The molecule has 0 spiro atoms. The van der Waals surface area contributed by atoms with E-state index < -0.39 is 0 Å². The highest BCUT2D eigenvalue weighted by Gasteiger charge is 2.17. The van der Waals surface area contributed by atoms with Crippen LogP contribution in [-0.4, -0.2) is 7.05 Å². The highest BCUT2D eigenvalue weighted by molar-refractivity contribution is 14.1. The van der Waals surface area contributed by atoms with E-state index in [-0.39, 0.29) is 6.04 Å². The van der Waals surface area contributed by atoms with Crippen LogP contribution >= 0.6 is 38.5 Å². The monoisotopic (exact) mass is 429 g/mol. The summed E-state index contributed by atoms with van der Waals surface area (Å²) < 4.78 is 2.46. The molecule has 3 heteroatoms. The van der Waals surface area contributed by atoms with Crippen molar-refractivity contribution in [3.05, 3.63) is 66.7 Å². The van der Waals surface area contributed by atoms with Crippen molar-refractivity contribution < 1.29 is 0 Å². The van der Waals surface area contributed by atoms with Gasteiger partial charge in [0.1, 0.15) is 0 Å². The maximum Gasteiger partial charge on any atom is 0.0587 e. The molecular formula is C16H17BrIN. The van der Waals surface area contributed by atoms with Crippen LogP contribution in [0.15, 0.2) is 40.9 Å². The Kier molecular flexibility index (Phi) is 5.03. The van der Waals surface area contributed by atoms with Crippen molar-refractivity contribution in [3.63, 3.8) is 0 Å². The molecule has 19 heavy (non-hydrogen) atoms. The van der Waals surface area contributed by atoms with Crippen LogP contribution in [0.2, 0.25) is 0 Å². The van der Waals surface area contributed by atoms with Crippen molar-refractivity contribution in [2.45, 2.75) is 19.9 Å². The van der Waals surface area contributed by atoms with Gasteiger partial charge in [0.15, 0.2) is 0 Å². The first kappa shape index (κ1) is 15.0. The van der Waals surface area contributed by atoms with Crippen molar-refractivity contribution in [2.24, 2.45) is 0 Å². The SMILES string of the molecule is CNC(c1cc(C)c(Br)cc1C)c1ccccc1I. The van der Waals surface area contributed by atoms with Crippen LogP contribution in [0.1, 0.15) is 28.3 Å². The predicted molar refractivity (Wildman–Crippen MR) is 93.7 cm³/mol. The van der Waals surface area contributed by atoms with Gasteiger partial charge in [-0.15, -0.1) is 0 Å². The van der Waals surface area contributed by atoms with Gasteiger partial charge in [-0.05, 0) is 77.9 Å². The van der Waals surface area contributed by atoms with Crippen LogP contribution in [0, 0.1) is 17.4 Å². The Hall–Kier alpha value is -0.390. The number of hydrogen-bond donors (Lipinski definition) is 1. The van der Waals surface area contributed by atoms with E-state index in [4.69, 9.17) is 0 Å². The smallest absolute Gasteiger partial charge is 0.0587 e. The Bertz CT molecular complexity index is 595. The van der Waals surface area contributed by atoms with Gasteiger partial charge in [0, 0.05) is 8.04 Å². The second-order valence-electron chi connectivity index (χ2n) is 4.70. The molecule has 0 aromatic heterocycles. The van der Waals surface area contributed by atoms with Crippen LogP contribution < -0.4 is 5.32 Å². The Balaban J connectivity index is 2.55. The largest absolute Gasteiger partial charge is 0.309 e. The molecule has 0 heterocycles. The van der Waals surface area contributed by atoms with Gasteiger partial charge in [-0.3, -0.25) is 0 Å². The minimum atomic E-state index is 0.236. The molecule has 0 bridgehead atoms. The Morgan fingerprint density at radius 2 is 1.74 bits per heavy atom. The lowest BCUT2D eigenvalue weighted by atomic mass is 9.94. The molecule has 0 radical (unpaired) electrons. The van der Waals surface area contributed by atoms with E-state index in [1.165, 1.54) is 30.3 Å². The van der Waals surface area contributed by atoms with Crippen molar-refractivity contribution in [3.8, 4) is 0 Å². The summed E-state index contributed by atoms with van der Waals surface area (Å²) in [7, 11) is 2.02. The minimum absolute atomic E-state index is 0.236. The van der Waals surface area contributed by atoms with Crippen LogP contribution in [0.25, 0.3) is 0 Å². The zero-order chi connectivity index (χ0) is 14.0. The van der Waals surface area contributed by atoms with E-state index in [1.807, 2.05) is 7.05 Å². The lowest BCUT2D eigenvalue weighted by molar-refractivity contribution is 0.683. The molecule has 1 nitrogen and oxygen atoms in total. The Morgan fingerprint density at radius 1 is 1.05 bits per heavy atom. The molecule has 0 saturated heterocycles. The lowest BCUT2D eigenvalue weighted by Crippen LogP contribution is -2.20. The van der Waals surface area contributed by atoms with Gasteiger partial charge in [0.2, 0.25) is 0 Å². The zero-order valence-corrected chi connectivity index (χ0v) is 15.0. The number of rotatable bonds is 3. The number of nitrogens with one attached hydrogen (secondary N) is 1. The standard InChI is InChI=1S/C16H17BrIN/c1-10-9-14(17)11(2)8-13(10)16(19-3)12-6-4-5-7-15(12)18/h4-9,16,19H,1-3H3. The highest BCUT2D eigenvalue weighted by atomic mass is 127. The molecule has 2 rings (SSSR count). The summed E-state index contributed by atoms with van der Waals surface area (Å²) in [6.45, 7) is 4.30. The van der Waals surface area contributed by atoms with Crippen LogP contribution in [-0.2, 0) is 0 Å². The summed E-state index contributed by atoms with van der Waals surface area (Å²) in [4.78, 5) is 0. The molecule has 0 amide bonds. The third kappa shape index (κ3) is 3.20. The van der Waals surface area contributed by atoms with E-state index in [0.29, 0.717) is 0 Å². The van der Waals surface area contributed by atoms with Gasteiger partial charge >= 0.3 is 0 Å². The molecule has 0 saturated carbocycles. The summed E-state index contributed by atoms with van der Waals surface area (Å²) in [5.41, 5.74) is 5.24. The third-order valence-corrected chi connectivity index (χ3v) is 5.20. The van der Waals surface area contributed by atoms with E-state index in [1.54, 1.807) is 0 Å². The van der Waals surface area contributed by atoms with Crippen molar-refractivity contribution in [2.75, 3.05) is 7.05 Å². The fourth-order valence-electron chi connectivity index (χ4n) is 2.30. The molecule has 1 unspecified atom stereocenters. The van der Waals surface area contributed by atoms with E-state index in [2.05, 4.69) is 94.1 Å². The van der Waals surface area contributed by atoms with Crippen molar-refractivity contribution in [1.29, 1.82) is 0 Å². The van der Waals surface area contributed by atoms with Crippen LogP contribution in [0.5, 0.6) is 0 Å². The molecule has 1 atom stereocenters. The Labute approximate surface area is 137 Å². The number of benzene rings is 2. The summed E-state index contributed by atoms with van der Waals surface area (Å²) >= 11 is 6.00. The molecule has 2 aromatic carbocycles. The molecule has 100 valence electrons. The average molecular weight is 430 g/mol. The summed E-state index contributed by atoms with van der Waals surface area (Å²) in [6.07, 6.45) is 0. The molecule has 2 aromatic rings. The first-order valence-corrected chi connectivity index (χ1v) is 8.10. The molecule has 1 N–H and O–H groups in total. The van der Waals surface area contributed by atoms with E-state index in [9.17, 15) is 0 Å². The molecule has 0 aliphatic heterocycles. The van der Waals surface area contributed by atoms with E-state index >= 15 is 0 Å². The number of aryl methyl sites for hydroxylation is 2. The maximum atomic E-state index is 3.60. The summed E-state index contributed by atoms with van der Waals surface area (Å²) in [6, 6.07) is 13.2. The third-order valence-electron chi connectivity index (χ3n) is 3.36. The van der Waals surface area contributed by atoms with Crippen LogP contribution in [0.3, 0.4) is 0 Å². The second kappa shape index (κ2) is 6.37. The number of halogens is 2. The van der Waals surface area contributed by atoms with Gasteiger partial charge in [0.05, 0.1) is 6.04 Å². The first-order chi connectivity index (χ1) is 9.04. The maximum absolute atomic E-state index is 3.60. The van der Waals surface area contributed by atoms with E-state index in [0.717, 1.165) is 0 Å². The van der Waals surface area contributed by atoms with Gasteiger partial charge in [-0.2, -0.15) is 0 Å². The summed E-state index contributed by atoms with van der Waals surface area (Å²) in [5.74, 6) is 0. The fraction of sp³-hybridized carbons (Fsp3) is 0.250. The molecule has 0 aliphatic rings. The normalized spacial score (nSPS) is 12.5. The molecule has 0 fully saturated rings. The fourth-order valence-corrected chi connectivity index (χ4v) is 3.46. The highest BCUT2D eigenvalue weighted by Crippen LogP contribution is 2.31. The zero-order valence-electron chi connectivity index (χ0n) is 11.3. The quantitative estimate of drug-likeness (QED) is 0.678. The summed E-state index contributed by atoms with van der Waals surface area (Å²) in [5, 5.41) is 3.44. The van der Waals surface area contributed by atoms with Gasteiger partial charge in [-0.1, -0.05) is 40.2 Å². The van der Waals surface area contributed by atoms with Crippen LogP contribution in [0.4, 0.5) is 0 Å².